The molecule has 2 aromatic rings. The van der Waals surface area contributed by atoms with E-state index >= 15 is 0 Å². The lowest BCUT2D eigenvalue weighted by Crippen LogP contribution is -2.47. The molecule has 6 heteroatoms. The van der Waals surface area contributed by atoms with Gasteiger partial charge in [-0.2, -0.15) is 0 Å². The summed E-state index contributed by atoms with van der Waals surface area (Å²) in [6, 6.07) is 9.98. The van der Waals surface area contributed by atoms with Gasteiger partial charge in [0.25, 0.3) is 0 Å². The summed E-state index contributed by atoms with van der Waals surface area (Å²) in [5.74, 6) is 2.38. The fraction of sp³-hybridized carbons (Fsp3) is 0.529. The number of piperazine rings is 1. The third kappa shape index (κ3) is 4.77. The van der Waals surface area contributed by atoms with Crippen LogP contribution in [0.15, 0.2) is 34.7 Å². The lowest BCUT2D eigenvalue weighted by atomic mass is 10.3. The van der Waals surface area contributed by atoms with Crippen LogP contribution in [0.5, 0.6) is 5.75 Å². The molecule has 23 heavy (non-hydrogen) atoms. The van der Waals surface area contributed by atoms with Crippen LogP contribution in [0.4, 0.5) is 0 Å². The first kappa shape index (κ1) is 16.0. The lowest BCUT2D eigenvalue weighted by Gasteiger charge is -2.33. The van der Waals surface area contributed by atoms with Gasteiger partial charge in [-0.3, -0.25) is 9.80 Å². The van der Waals surface area contributed by atoms with Gasteiger partial charge in [-0.05, 0) is 12.1 Å². The molecule has 0 bridgehead atoms. The van der Waals surface area contributed by atoms with Gasteiger partial charge in [0.15, 0.2) is 0 Å². The van der Waals surface area contributed by atoms with Gasteiger partial charge < -0.3 is 9.15 Å². The van der Waals surface area contributed by atoms with Crippen molar-refractivity contribution in [1.82, 2.24) is 20.0 Å². The predicted molar refractivity (Wildman–Crippen MR) is 87.3 cm³/mol. The van der Waals surface area contributed by atoms with E-state index in [2.05, 4.69) is 20.0 Å². The monoisotopic (exact) mass is 316 g/mol. The van der Waals surface area contributed by atoms with Crippen LogP contribution in [0.3, 0.4) is 0 Å². The first-order chi connectivity index (χ1) is 11.3. The summed E-state index contributed by atoms with van der Waals surface area (Å²) >= 11 is 0. The Balaban J connectivity index is 1.35. The normalized spacial score (nSPS) is 16.6. The number of hydrogen-bond acceptors (Lipinski definition) is 6. The zero-order chi connectivity index (χ0) is 15.9. The van der Waals surface area contributed by atoms with Crippen molar-refractivity contribution in [2.24, 2.45) is 0 Å². The van der Waals surface area contributed by atoms with E-state index in [0.29, 0.717) is 0 Å². The second-order valence-corrected chi connectivity index (χ2v) is 5.72. The summed E-state index contributed by atoms with van der Waals surface area (Å²) in [4.78, 5) is 4.80. The molecule has 0 aliphatic carbocycles. The average Bonchev–Trinajstić information content (AvgIpc) is 3.05. The molecule has 1 aliphatic heterocycles. The van der Waals surface area contributed by atoms with E-state index in [9.17, 15) is 0 Å². The quantitative estimate of drug-likeness (QED) is 0.777. The summed E-state index contributed by atoms with van der Waals surface area (Å²) < 4.78 is 11.3. The summed E-state index contributed by atoms with van der Waals surface area (Å²) in [7, 11) is 0. The Kier molecular flexibility index (Phi) is 5.60. The molecule has 0 atom stereocenters. The smallest absolute Gasteiger partial charge is 0.230 e. The minimum absolute atomic E-state index is 0.719. The molecule has 0 radical (unpaired) electrons. The maximum absolute atomic E-state index is 5.76. The van der Waals surface area contributed by atoms with Crippen molar-refractivity contribution in [1.29, 1.82) is 0 Å². The van der Waals surface area contributed by atoms with E-state index in [-0.39, 0.29) is 0 Å². The molecule has 0 unspecified atom stereocenters. The molecule has 0 N–H and O–H groups in total. The van der Waals surface area contributed by atoms with Crippen LogP contribution in [0.2, 0.25) is 0 Å². The fourth-order valence-corrected chi connectivity index (χ4v) is 2.67. The van der Waals surface area contributed by atoms with E-state index in [4.69, 9.17) is 9.15 Å². The van der Waals surface area contributed by atoms with Crippen molar-refractivity contribution in [3.8, 4) is 5.75 Å². The van der Waals surface area contributed by atoms with Crippen LogP contribution in [-0.4, -0.2) is 59.3 Å². The highest BCUT2D eigenvalue weighted by Crippen LogP contribution is 2.10. The zero-order valence-corrected chi connectivity index (χ0v) is 13.6. The van der Waals surface area contributed by atoms with Crippen LogP contribution in [0.1, 0.15) is 18.7 Å². The van der Waals surface area contributed by atoms with Gasteiger partial charge in [0.05, 0.1) is 6.54 Å². The Labute approximate surface area is 137 Å². The average molecular weight is 316 g/mol. The molecule has 0 saturated carbocycles. The number of nitrogens with zero attached hydrogens (tertiary/aromatic N) is 4. The molecular formula is C17H24N4O2. The van der Waals surface area contributed by atoms with Crippen molar-refractivity contribution < 1.29 is 9.15 Å². The number of hydrogen-bond donors (Lipinski definition) is 0. The minimum Gasteiger partial charge on any atom is -0.492 e. The van der Waals surface area contributed by atoms with Crippen molar-refractivity contribution in [3.05, 3.63) is 42.1 Å². The first-order valence-electron chi connectivity index (χ1n) is 8.27. The third-order valence-corrected chi connectivity index (χ3v) is 4.05. The summed E-state index contributed by atoms with van der Waals surface area (Å²) in [5.41, 5.74) is 0. The van der Waals surface area contributed by atoms with Crippen molar-refractivity contribution >= 4 is 0 Å². The number of rotatable bonds is 7. The minimum atomic E-state index is 0.719. The topological polar surface area (TPSA) is 54.6 Å². The van der Waals surface area contributed by atoms with Gasteiger partial charge in [-0.1, -0.05) is 25.1 Å². The molecule has 1 saturated heterocycles. The van der Waals surface area contributed by atoms with Crippen molar-refractivity contribution in [3.63, 3.8) is 0 Å². The molecule has 1 aromatic carbocycles. The highest BCUT2D eigenvalue weighted by atomic mass is 16.5. The SMILES string of the molecule is CCc1nnc(CN2CCN(CCOc3ccccc3)CC2)o1. The highest BCUT2D eigenvalue weighted by Gasteiger charge is 2.18. The van der Waals surface area contributed by atoms with Crippen LogP contribution < -0.4 is 4.74 Å². The number of ether oxygens (including phenoxy) is 1. The maximum Gasteiger partial charge on any atom is 0.230 e. The summed E-state index contributed by atoms with van der Waals surface area (Å²) in [6.45, 7) is 8.61. The van der Waals surface area contributed by atoms with Gasteiger partial charge >= 0.3 is 0 Å². The van der Waals surface area contributed by atoms with Gasteiger partial charge in [0.1, 0.15) is 12.4 Å². The maximum atomic E-state index is 5.76. The third-order valence-electron chi connectivity index (χ3n) is 4.05. The number of benzene rings is 1. The van der Waals surface area contributed by atoms with E-state index in [1.165, 1.54) is 0 Å². The van der Waals surface area contributed by atoms with E-state index in [1.54, 1.807) is 0 Å². The van der Waals surface area contributed by atoms with E-state index in [0.717, 1.165) is 69.8 Å². The second-order valence-electron chi connectivity index (χ2n) is 5.72. The Morgan fingerprint density at radius 3 is 2.39 bits per heavy atom. The molecule has 1 fully saturated rings. The molecular weight excluding hydrogens is 292 g/mol. The molecule has 0 spiro atoms. The van der Waals surface area contributed by atoms with Crippen molar-refractivity contribution in [2.75, 3.05) is 39.3 Å². The van der Waals surface area contributed by atoms with E-state index in [1.807, 2.05) is 37.3 Å². The largest absolute Gasteiger partial charge is 0.492 e. The Morgan fingerprint density at radius 1 is 1.00 bits per heavy atom. The number of aromatic nitrogens is 2. The Hall–Kier alpha value is -1.92. The van der Waals surface area contributed by atoms with Crippen LogP contribution in [-0.2, 0) is 13.0 Å². The number of aryl methyl sites for hydroxylation is 1. The molecule has 1 aromatic heterocycles. The summed E-state index contributed by atoms with van der Waals surface area (Å²) in [6.07, 6.45) is 0.794. The second kappa shape index (κ2) is 8.08. The zero-order valence-electron chi connectivity index (χ0n) is 13.6. The van der Waals surface area contributed by atoms with Gasteiger partial charge in [-0.15, -0.1) is 10.2 Å². The Bertz CT molecular complexity index is 579. The van der Waals surface area contributed by atoms with Crippen LogP contribution in [0.25, 0.3) is 0 Å². The van der Waals surface area contributed by atoms with Gasteiger partial charge in [0, 0.05) is 39.1 Å². The van der Waals surface area contributed by atoms with E-state index < -0.39 is 0 Å². The first-order valence-corrected chi connectivity index (χ1v) is 8.27. The number of para-hydroxylation sites is 1. The van der Waals surface area contributed by atoms with Crippen LogP contribution >= 0.6 is 0 Å². The van der Waals surface area contributed by atoms with Gasteiger partial charge in [-0.25, -0.2) is 0 Å². The van der Waals surface area contributed by atoms with Crippen LogP contribution in [0, 0.1) is 0 Å². The predicted octanol–water partition coefficient (Wildman–Crippen LogP) is 1.83. The summed E-state index contributed by atoms with van der Waals surface area (Å²) in [5, 5.41) is 8.11. The standard InChI is InChI=1S/C17H24N4O2/c1-2-16-18-19-17(23-16)14-21-10-8-20(9-11-21)12-13-22-15-6-4-3-5-7-15/h3-7H,2,8-14H2,1H3. The van der Waals surface area contributed by atoms with Gasteiger partial charge in [0.2, 0.25) is 11.8 Å². The fourth-order valence-electron chi connectivity index (χ4n) is 2.67. The molecule has 1 aliphatic rings. The molecule has 6 nitrogen and oxygen atoms in total. The highest BCUT2D eigenvalue weighted by molar-refractivity contribution is 5.20. The Morgan fingerprint density at radius 2 is 1.70 bits per heavy atom. The lowest BCUT2D eigenvalue weighted by molar-refractivity contribution is 0.106. The van der Waals surface area contributed by atoms with Crippen molar-refractivity contribution in [2.45, 2.75) is 19.9 Å². The molecule has 124 valence electrons. The molecule has 3 rings (SSSR count). The molecule has 2 heterocycles. The molecule has 0 amide bonds.